The highest BCUT2D eigenvalue weighted by Gasteiger charge is 2.14. The third-order valence-corrected chi connectivity index (χ3v) is 3.91. The largest absolute Gasteiger partial charge is 0.409 e. The molecule has 0 aliphatic carbocycles. The molecule has 0 heterocycles. The lowest BCUT2D eigenvalue weighted by Crippen LogP contribution is -2.19. The standard InChI is InChI=1S/C14H11ClIN3O2/c15-8-5-6-10(13(17)19-21)12(7-8)18-14(20)9-3-1-2-4-11(9)16/h1-7,21H,(H2,17,19)(H,18,20). The molecular formula is C14H11ClIN3O2. The Bertz CT molecular complexity index is 719. The number of amidine groups is 1. The smallest absolute Gasteiger partial charge is 0.256 e. The Balaban J connectivity index is 2.37. The average molecular weight is 416 g/mol. The maximum atomic E-state index is 12.3. The molecule has 0 unspecified atom stereocenters. The Morgan fingerprint density at radius 2 is 1.95 bits per heavy atom. The summed E-state index contributed by atoms with van der Waals surface area (Å²) in [7, 11) is 0. The van der Waals surface area contributed by atoms with Gasteiger partial charge in [0.2, 0.25) is 0 Å². The predicted molar refractivity (Wildman–Crippen MR) is 91.1 cm³/mol. The van der Waals surface area contributed by atoms with Crippen LogP contribution < -0.4 is 11.1 Å². The lowest BCUT2D eigenvalue weighted by molar-refractivity contribution is 0.102. The fourth-order valence-corrected chi connectivity index (χ4v) is 2.54. The van der Waals surface area contributed by atoms with Crippen LogP contribution >= 0.6 is 34.2 Å². The highest BCUT2D eigenvalue weighted by Crippen LogP contribution is 2.22. The fraction of sp³-hybridized carbons (Fsp3) is 0. The number of nitrogens with two attached hydrogens (primary N) is 1. The van der Waals surface area contributed by atoms with Gasteiger partial charge in [0.25, 0.3) is 5.91 Å². The molecule has 0 aromatic heterocycles. The second-order valence-corrected chi connectivity index (χ2v) is 5.71. The van der Waals surface area contributed by atoms with Gasteiger partial charge in [-0.3, -0.25) is 4.79 Å². The Kier molecular flexibility index (Phi) is 5.03. The first-order valence-electron chi connectivity index (χ1n) is 5.86. The van der Waals surface area contributed by atoms with Crippen molar-refractivity contribution < 1.29 is 10.0 Å². The van der Waals surface area contributed by atoms with E-state index in [9.17, 15) is 4.79 Å². The molecule has 0 radical (unpaired) electrons. The lowest BCUT2D eigenvalue weighted by Gasteiger charge is -2.11. The predicted octanol–water partition coefficient (Wildman–Crippen LogP) is 3.29. The van der Waals surface area contributed by atoms with Crippen LogP contribution in [0.5, 0.6) is 0 Å². The summed E-state index contributed by atoms with van der Waals surface area (Å²) in [6, 6.07) is 11.9. The molecule has 2 rings (SSSR count). The van der Waals surface area contributed by atoms with Gasteiger partial charge in [0.15, 0.2) is 5.84 Å². The number of carbonyl (C=O) groups excluding carboxylic acids is 1. The van der Waals surface area contributed by atoms with E-state index in [1.807, 2.05) is 12.1 Å². The summed E-state index contributed by atoms with van der Waals surface area (Å²) in [6.45, 7) is 0. The molecule has 0 spiro atoms. The zero-order valence-corrected chi connectivity index (χ0v) is 13.6. The van der Waals surface area contributed by atoms with Crippen LogP contribution in [0.15, 0.2) is 47.6 Å². The zero-order chi connectivity index (χ0) is 15.4. The van der Waals surface area contributed by atoms with Gasteiger partial charge >= 0.3 is 0 Å². The van der Waals surface area contributed by atoms with E-state index in [-0.39, 0.29) is 11.7 Å². The number of nitrogens with zero attached hydrogens (tertiary/aromatic N) is 1. The van der Waals surface area contributed by atoms with Crippen molar-refractivity contribution in [2.45, 2.75) is 0 Å². The van der Waals surface area contributed by atoms with Crippen molar-refractivity contribution in [3.8, 4) is 0 Å². The minimum Gasteiger partial charge on any atom is -0.409 e. The Morgan fingerprint density at radius 3 is 2.62 bits per heavy atom. The molecule has 0 aliphatic heterocycles. The van der Waals surface area contributed by atoms with Gasteiger partial charge < -0.3 is 16.3 Å². The number of carbonyl (C=O) groups is 1. The number of oxime groups is 1. The fourth-order valence-electron chi connectivity index (χ4n) is 1.73. The lowest BCUT2D eigenvalue weighted by atomic mass is 10.1. The molecule has 0 fully saturated rings. The number of halogens is 2. The number of amides is 1. The van der Waals surface area contributed by atoms with E-state index < -0.39 is 0 Å². The van der Waals surface area contributed by atoms with Crippen LogP contribution in [0.25, 0.3) is 0 Å². The van der Waals surface area contributed by atoms with Crippen LogP contribution in [-0.2, 0) is 0 Å². The number of rotatable bonds is 3. The first-order chi connectivity index (χ1) is 10.0. The SMILES string of the molecule is NC(=NO)c1ccc(Cl)cc1NC(=O)c1ccccc1I. The number of hydrogen-bond donors (Lipinski definition) is 3. The van der Waals surface area contributed by atoms with Gasteiger partial charge in [-0.25, -0.2) is 0 Å². The van der Waals surface area contributed by atoms with Crippen molar-refractivity contribution in [1.29, 1.82) is 0 Å². The second kappa shape index (κ2) is 6.77. The quantitative estimate of drug-likeness (QED) is 0.236. The van der Waals surface area contributed by atoms with Crippen molar-refractivity contribution in [2.24, 2.45) is 10.9 Å². The number of anilines is 1. The first kappa shape index (κ1) is 15.6. The molecule has 2 aromatic carbocycles. The molecular weight excluding hydrogens is 405 g/mol. The minimum absolute atomic E-state index is 0.107. The summed E-state index contributed by atoms with van der Waals surface area (Å²) in [5, 5.41) is 14.9. The Hall–Kier alpha value is -1.80. The van der Waals surface area contributed by atoms with Crippen molar-refractivity contribution in [3.05, 3.63) is 62.2 Å². The summed E-state index contributed by atoms with van der Waals surface area (Å²) < 4.78 is 0.819. The van der Waals surface area contributed by atoms with Gasteiger partial charge in [0.1, 0.15) is 0 Å². The highest BCUT2D eigenvalue weighted by molar-refractivity contribution is 14.1. The van der Waals surface area contributed by atoms with Crippen molar-refractivity contribution in [3.63, 3.8) is 0 Å². The third-order valence-electron chi connectivity index (χ3n) is 2.73. The summed E-state index contributed by atoms with van der Waals surface area (Å²) in [6.07, 6.45) is 0. The molecule has 21 heavy (non-hydrogen) atoms. The van der Waals surface area contributed by atoms with E-state index >= 15 is 0 Å². The van der Waals surface area contributed by atoms with Crippen LogP contribution in [0.4, 0.5) is 5.69 Å². The summed E-state index contributed by atoms with van der Waals surface area (Å²) in [5.41, 5.74) is 6.89. The van der Waals surface area contributed by atoms with Gasteiger partial charge in [-0.1, -0.05) is 28.9 Å². The maximum absolute atomic E-state index is 12.3. The van der Waals surface area contributed by atoms with Crippen LogP contribution in [-0.4, -0.2) is 17.0 Å². The highest BCUT2D eigenvalue weighted by atomic mass is 127. The minimum atomic E-state index is -0.297. The van der Waals surface area contributed by atoms with Crippen molar-refractivity contribution in [2.75, 3.05) is 5.32 Å². The number of hydrogen-bond acceptors (Lipinski definition) is 3. The molecule has 108 valence electrons. The maximum Gasteiger partial charge on any atom is 0.256 e. The van der Waals surface area contributed by atoms with E-state index in [0.717, 1.165) is 3.57 Å². The zero-order valence-electron chi connectivity index (χ0n) is 10.7. The Labute approximate surface area is 139 Å². The average Bonchev–Trinajstić information content (AvgIpc) is 2.47. The topological polar surface area (TPSA) is 87.7 Å². The van der Waals surface area contributed by atoms with Gasteiger partial charge in [-0.15, -0.1) is 0 Å². The van der Waals surface area contributed by atoms with E-state index in [1.165, 1.54) is 0 Å². The molecule has 2 aromatic rings. The molecule has 0 saturated heterocycles. The normalized spacial score (nSPS) is 11.2. The first-order valence-corrected chi connectivity index (χ1v) is 7.32. The van der Waals surface area contributed by atoms with Crippen LogP contribution in [0.1, 0.15) is 15.9 Å². The Morgan fingerprint density at radius 1 is 1.24 bits per heavy atom. The molecule has 0 aliphatic rings. The van der Waals surface area contributed by atoms with Crippen LogP contribution in [0.3, 0.4) is 0 Å². The molecule has 1 amide bonds. The van der Waals surface area contributed by atoms with Gasteiger partial charge in [-0.2, -0.15) is 0 Å². The van der Waals surface area contributed by atoms with E-state index in [4.69, 9.17) is 22.5 Å². The van der Waals surface area contributed by atoms with Gasteiger partial charge in [0.05, 0.1) is 11.3 Å². The van der Waals surface area contributed by atoms with E-state index in [2.05, 4.69) is 33.1 Å². The summed E-state index contributed by atoms with van der Waals surface area (Å²) in [4.78, 5) is 12.3. The number of nitrogens with one attached hydrogen (secondary N) is 1. The summed E-state index contributed by atoms with van der Waals surface area (Å²) >= 11 is 8.01. The molecule has 0 atom stereocenters. The van der Waals surface area contributed by atoms with Crippen molar-refractivity contribution >= 4 is 51.6 Å². The summed E-state index contributed by atoms with van der Waals surface area (Å²) in [5.74, 6) is -0.404. The molecule has 7 heteroatoms. The van der Waals surface area contributed by atoms with Crippen LogP contribution in [0.2, 0.25) is 5.02 Å². The third kappa shape index (κ3) is 3.64. The molecule has 5 nitrogen and oxygen atoms in total. The van der Waals surface area contributed by atoms with Crippen molar-refractivity contribution in [1.82, 2.24) is 0 Å². The second-order valence-electron chi connectivity index (χ2n) is 4.11. The van der Waals surface area contributed by atoms with E-state index in [1.54, 1.807) is 30.3 Å². The molecule has 4 N–H and O–H groups in total. The van der Waals surface area contributed by atoms with Gasteiger partial charge in [0, 0.05) is 14.2 Å². The molecule has 0 saturated carbocycles. The van der Waals surface area contributed by atoms with Crippen LogP contribution in [0, 0.1) is 3.57 Å². The van der Waals surface area contributed by atoms with Gasteiger partial charge in [-0.05, 0) is 52.9 Å². The number of benzene rings is 2. The van der Waals surface area contributed by atoms with E-state index in [0.29, 0.717) is 21.8 Å². The monoisotopic (exact) mass is 415 g/mol. The molecule has 0 bridgehead atoms.